The molecular weight excluding hydrogens is 763 g/mol. The second kappa shape index (κ2) is 15.5. The number of primary amides is 1. The van der Waals surface area contributed by atoms with E-state index < -0.39 is 23.8 Å². The van der Waals surface area contributed by atoms with Crippen molar-refractivity contribution >= 4 is 52.7 Å². The van der Waals surface area contributed by atoms with Crippen LogP contribution in [0.4, 0.5) is 27.8 Å². The van der Waals surface area contributed by atoms with Crippen molar-refractivity contribution < 1.29 is 24.0 Å². The van der Waals surface area contributed by atoms with Crippen molar-refractivity contribution in [3.63, 3.8) is 0 Å². The van der Waals surface area contributed by atoms with E-state index in [1.807, 2.05) is 30.1 Å². The van der Waals surface area contributed by atoms with Gasteiger partial charge in [0.15, 0.2) is 11.5 Å². The second-order valence-electron chi connectivity index (χ2n) is 17.6. The minimum Gasteiger partial charge on any atom is -0.382 e. The summed E-state index contributed by atoms with van der Waals surface area (Å²) < 4.78 is 0. The molecule has 0 bridgehead atoms. The molecule has 314 valence electrons. The molecule has 2 atom stereocenters. The highest BCUT2D eigenvalue weighted by Crippen LogP contribution is 2.40. The van der Waals surface area contributed by atoms with E-state index in [9.17, 15) is 24.0 Å². The van der Waals surface area contributed by atoms with Crippen molar-refractivity contribution in [2.24, 2.45) is 5.73 Å². The molecular formula is C44H53N11O5. The van der Waals surface area contributed by atoms with Gasteiger partial charge in [-0.2, -0.15) is 0 Å². The predicted molar refractivity (Wildman–Crippen MR) is 226 cm³/mol. The molecule has 1 aliphatic carbocycles. The number of carbonyl (C=O) groups is 5. The van der Waals surface area contributed by atoms with E-state index in [4.69, 9.17) is 10.7 Å². The largest absolute Gasteiger partial charge is 0.382 e. The third kappa shape index (κ3) is 7.20. The van der Waals surface area contributed by atoms with Crippen LogP contribution in [0.5, 0.6) is 0 Å². The molecule has 4 saturated heterocycles. The number of benzene rings is 2. The zero-order valence-electron chi connectivity index (χ0n) is 34.3. The Hall–Kier alpha value is -6.03. The summed E-state index contributed by atoms with van der Waals surface area (Å²) in [5.41, 5.74) is 9.76. The number of anilines is 4. The third-order valence-electron chi connectivity index (χ3n) is 13.7. The number of nitrogens with two attached hydrogens (primary N) is 1. The smallest absolute Gasteiger partial charge is 0.320 e. The summed E-state index contributed by atoms with van der Waals surface area (Å²) in [5, 5.41) is 9.56. The van der Waals surface area contributed by atoms with Crippen molar-refractivity contribution in [3.05, 3.63) is 83.3 Å². The molecule has 3 aromatic rings. The van der Waals surface area contributed by atoms with Crippen molar-refractivity contribution in [1.82, 2.24) is 34.9 Å². The molecule has 16 nitrogen and oxygen atoms in total. The molecule has 5 aliphatic heterocycles. The third-order valence-corrected chi connectivity index (χ3v) is 13.7. The van der Waals surface area contributed by atoms with Gasteiger partial charge in [-0.25, -0.2) is 14.8 Å². The van der Waals surface area contributed by atoms with Gasteiger partial charge in [-0.05, 0) is 99.7 Å². The van der Waals surface area contributed by atoms with Crippen LogP contribution in [0.25, 0.3) is 0 Å². The Labute approximate surface area is 349 Å². The lowest BCUT2D eigenvalue weighted by atomic mass is 9.73. The van der Waals surface area contributed by atoms with Crippen LogP contribution in [0.3, 0.4) is 0 Å². The SMILES string of the molecule is C=C1CCC(N2C(=O)c3cccc(NC4CC(N5CCC(C)(c6ccc(Nc7nc(N8CCC[C@H](N9CCN(C)C9=O)C8)cnc7C(N)=O)cc6)CC5)C4)c3C2=O)C(=O)N1. The quantitative estimate of drug-likeness (QED) is 0.216. The molecule has 6 heterocycles. The topological polar surface area (TPSA) is 189 Å². The minimum atomic E-state index is -0.839. The number of amides is 6. The highest BCUT2D eigenvalue weighted by atomic mass is 16.2. The van der Waals surface area contributed by atoms with Crippen LogP contribution < -0.4 is 26.6 Å². The first-order chi connectivity index (χ1) is 28.9. The number of allylic oxidation sites excluding steroid dienone is 1. The molecule has 9 rings (SSSR count). The molecule has 1 aromatic heterocycles. The van der Waals surface area contributed by atoms with E-state index in [2.05, 4.69) is 56.4 Å². The highest BCUT2D eigenvalue weighted by Gasteiger charge is 2.46. The summed E-state index contributed by atoms with van der Waals surface area (Å²) in [6, 6.07) is 13.5. The molecule has 6 amide bonds. The van der Waals surface area contributed by atoms with Gasteiger partial charge in [-0.1, -0.05) is 31.7 Å². The normalized spacial score (nSPS) is 25.6. The van der Waals surface area contributed by atoms with E-state index in [1.54, 1.807) is 23.2 Å². The van der Waals surface area contributed by atoms with E-state index in [0.717, 1.165) is 75.3 Å². The molecule has 2 aromatic carbocycles. The lowest BCUT2D eigenvalue weighted by molar-refractivity contribution is -0.125. The Bertz CT molecular complexity index is 2250. The number of fused-ring (bicyclic) bond motifs is 1. The second-order valence-corrected chi connectivity index (χ2v) is 17.6. The number of hydrogen-bond donors (Lipinski definition) is 4. The molecule has 16 heteroatoms. The Morgan fingerprint density at radius 2 is 1.72 bits per heavy atom. The predicted octanol–water partition coefficient (Wildman–Crippen LogP) is 4.04. The number of hydrogen-bond acceptors (Lipinski definition) is 11. The maximum Gasteiger partial charge on any atom is 0.320 e. The summed E-state index contributed by atoms with van der Waals surface area (Å²) in [6.45, 7) is 10.9. The van der Waals surface area contributed by atoms with Crippen LogP contribution in [0.2, 0.25) is 0 Å². The van der Waals surface area contributed by atoms with Crippen LogP contribution in [0.1, 0.15) is 95.1 Å². The molecule has 0 radical (unpaired) electrons. The Kier molecular flexibility index (Phi) is 10.2. The van der Waals surface area contributed by atoms with Crippen LogP contribution in [-0.2, 0) is 10.2 Å². The number of carbonyl (C=O) groups excluding carboxylic acids is 5. The maximum atomic E-state index is 13.6. The summed E-state index contributed by atoms with van der Waals surface area (Å²) in [7, 11) is 1.83. The van der Waals surface area contributed by atoms with Crippen molar-refractivity contribution in [3.8, 4) is 0 Å². The summed E-state index contributed by atoms with van der Waals surface area (Å²) >= 11 is 0. The van der Waals surface area contributed by atoms with E-state index >= 15 is 0 Å². The number of piperidine rings is 3. The van der Waals surface area contributed by atoms with Gasteiger partial charge in [-0.3, -0.25) is 24.1 Å². The number of nitrogens with one attached hydrogen (secondary N) is 3. The first-order valence-electron chi connectivity index (χ1n) is 21.2. The number of likely N-dealkylation sites (N-methyl/N-ethyl adjacent to an activating group) is 1. The number of rotatable bonds is 10. The number of likely N-dealkylation sites (tertiary alicyclic amines) is 1. The molecule has 60 heavy (non-hydrogen) atoms. The van der Waals surface area contributed by atoms with E-state index in [1.165, 1.54) is 5.56 Å². The fourth-order valence-electron chi connectivity index (χ4n) is 9.93. The maximum absolute atomic E-state index is 13.6. The Balaban J connectivity index is 0.791. The van der Waals surface area contributed by atoms with Crippen LogP contribution in [0.15, 0.2) is 60.9 Å². The average Bonchev–Trinajstić information content (AvgIpc) is 3.70. The van der Waals surface area contributed by atoms with Gasteiger partial charge >= 0.3 is 6.03 Å². The lowest BCUT2D eigenvalue weighted by Crippen LogP contribution is -2.54. The average molecular weight is 816 g/mol. The standard InChI is InChI=1S/C44H53N11O5/c1-26-9-14-34(40(57)47-26)55-41(58)32-7-4-8-33(36(32)42(55)59)48-29-22-31(23-29)52-18-15-44(2,16-19-52)27-10-12-28(13-11-27)49-39-37(38(45)56)46-24-35(50-39)53-17-5-6-30(25-53)54-21-20-51(3)43(54)60/h4,7-8,10-13,24,29-31,34,48H,1,5-6,9,14-23,25H2,2-3H3,(H2,45,56)(H,47,57)(H,49,50)/t29?,30-,31?,34?/m0/s1. The van der Waals surface area contributed by atoms with E-state index in [-0.39, 0.29) is 35.1 Å². The Morgan fingerprint density at radius 1 is 0.950 bits per heavy atom. The van der Waals surface area contributed by atoms with Crippen LogP contribution in [0, 0.1) is 0 Å². The van der Waals surface area contributed by atoms with Gasteiger partial charge < -0.3 is 41.3 Å². The fourth-order valence-corrected chi connectivity index (χ4v) is 9.93. The van der Waals surface area contributed by atoms with Gasteiger partial charge in [0.2, 0.25) is 5.91 Å². The monoisotopic (exact) mass is 815 g/mol. The summed E-state index contributed by atoms with van der Waals surface area (Å²) in [4.78, 5) is 83.5. The summed E-state index contributed by atoms with van der Waals surface area (Å²) in [6.07, 6.45) is 8.21. The fraction of sp³-hybridized carbons (Fsp3) is 0.477. The molecule has 6 aliphatic rings. The van der Waals surface area contributed by atoms with Gasteiger partial charge in [0.1, 0.15) is 11.9 Å². The molecule has 5 fully saturated rings. The first-order valence-corrected chi connectivity index (χ1v) is 21.2. The highest BCUT2D eigenvalue weighted by molar-refractivity contribution is 6.25. The van der Waals surface area contributed by atoms with Gasteiger partial charge in [-0.15, -0.1) is 0 Å². The minimum absolute atomic E-state index is 0.00326. The Morgan fingerprint density at radius 3 is 2.42 bits per heavy atom. The lowest BCUT2D eigenvalue weighted by Gasteiger charge is -2.48. The number of nitrogens with zero attached hydrogens (tertiary/aromatic N) is 7. The molecule has 1 saturated carbocycles. The number of imide groups is 1. The zero-order valence-corrected chi connectivity index (χ0v) is 34.3. The van der Waals surface area contributed by atoms with Crippen LogP contribution in [-0.4, -0.2) is 130 Å². The van der Waals surface area contributed by atoms with Crippen LogP contribution >= 0.6 is 0 Å². The van der Waals surface area contributed by atoms with Crippen molar-refractivity contribution in [2.75, 3.05) is 61.8 Å². The molecule has 1 unspecified atom stereocenters. The number of urea groups is 1. The molecule has 5 N–H and O–H groups in total. The van der Waals surface area contributed by atoms with Crippen molar-refractivity contribution in [2.45, 2.75) is 87.9 Å². The van der Waals surface area contributed by atoms with Gasteiger partial charge in [0.05, 0.1) is 23.4 Å². The van der Waals surface area contributed by atoms with Gasteiger partial charge in [0.25, 0.3) is 17.7 Å². The van der Waals surface area contributed by atoms with E-state index in [0.29, 0.717) is 66.1 Å². The first kappa shape index (κ1) is 39.4. The zero-order chi connectivity index (χ0) is 41.9. The number of aromatic nitrogens is 2. The van der Waals surface area contributed by atoms with Crippen molar-refractivity contribution in [1.29, 1.82) is 0 Å². The van der Waals surface area contributed by atoms with Gasteiger partial charge in [0, 0.05) is 62.4 Å². The summed E-state index contributed by atoms with van der Waals surface area (Å²) in [5.74, 6) is -0.942. The molecule has 0 spiro atoms.